The van der Waals surface area contributed by atoms with Crippen LogP contribution in [0.4, 0.5) is 10.1 Å². The smallest absolute Gasteiger partial charge is 0.254 e. The first-order valence-electron chi connectivity index (χ1n) is 8.66. The summed E-state index contributed by atoms with van der Waals surface area (Å²) in [5, 5.41) is 0. The zero-order chi connectivity index (χ0) is 18.7. The Labute approximate surface area is 152 Å². The standard InChI is InChI=1S/C20H22FN3O2/c1-14-6-7-17(22)13-18(14)20(26)24-9-3-8-23(10-11-24)19(25)15-4-2-5-16(21)12-15/h2,4-7,12-13H,3,8-11,22H2,1H3. The van der Waals surface area contributed by atoms with E-state index in [4.69, 9.17) is 5.73 Å². The second kappa shape index (κ2) is 7.56. The van der Waals surface area contributed by atoms with E-state index >= 15 is 0 Å². The van der Waals surface area contributed by atoms with Crippen LogP contribution in [0.5, 0.6) is 0 Å². The minimum Gasteiger partial charge on any atom is -0.399 e. The highest BCUT2D eigenvalue weighted by Crippen LogP contribution is 2.17. The Hall–Kier alpha value is -2.89. The van der Waals surface area contributed by atoms with Gasteiger partial charge in [-0.25, -0.2) is 4.39 Å². The number of carbonyl (C=O) groups excluding carboxylic acids is 2. The Balaban J connectivity index is 1.71. The topological polar surface area (TPSA) is 66.6 Å². The molecule has 0 bridgehead atoms. The highest BCUT2D eigenvalue weighted by Gasteiger charge is 2.24. The normalized spacial score (nSPS) is 14.8. The summed E-state index contributed by atoms with van der Waals surface area (Å²) < 4.78 is 13.4. The molecule has 0 radical (unpaired) electrons. The van der Waals surface area contributed by atoms with Crippen LogP contribution in [-0.4, -0.2) is 47.8 Å². The minimum atomic E-state index is -0.431. The van der Waals surface area contributed by atoms with Crippen molar-refractivity contribution < 1.29 is 14.0 Å². The molecule has 136 valence electrons. The van der Waals surface area contributed by atoms with E-state index in [2.05, 4.69) is 0 Å². The van der Waals surface area contributed by atoms with Gasteiger partial charge >= 0.3 is 0 Å². The number of anilines is 1. The number of nitrogens with two attached hydrogens (primary N) is 1. The van der Waals surface area contributed by atoms with Crippen molar-refractivity contribution in [3.63, 3.8) is 0 Å². The zero-order valence-electron chi connectivity index (χ0n) is 14.7. The third kappa shape index (κ3) is 3.85. The van der Waals surface area contributed by atoms with Crippen LogP contribution in [0.2, 0.25) is 0 Å². The van der Waals surface area contributed by atoms with E-state index in [9.17, 15) is 14.0 Å². The van der Waals surface area contributed by atoms with Gasteiger partial charge in [0, 0.05) is 43.0 Å². The predicted octanol–water partition coefficient (Wildman–Crippen LogP) is 2.70. The molecule has 26 heavy (non-hydrogen) atoms. The van der Waals surface area contributed by atoms with Crippen molar-refractivity contribution in [2.24, 2.45) is 0 Å². The molecule has 1 aliphatic rings. The molecule has 1 saturated heterocycles. The number of nitrogens with zero attached hydrogens (tertiary/aromatic N) is 2. The van der Waals surface area contributed by atoms with Crippen molar-refractivity contribution in [3.05, 3.63) is 65.0 Å². The number of benzene rings is 2. The molecular weight excluding hydrogens is 333 g/mol. The lowest BCUT2D eigenvalue weighted by molar-refractivity contribution is 0.0718. The van der Waals surface area contributed by atoms with Crippen molar-refractivity contribution in [1.82, 2.24) is 9.80 Å². The molecule has 0 unspecified atom stereocenters. The number of hydrogen-bond acceptors (Lipinski definition) is 3. The first kappa shape index (κ1) is 17.9. The first-order valence-corrected chi connectivity index (χ1v) is 8.66. The van der Waals surface area contributed by atoms with Gasteiger partial charge in [0.1, 0.15) is 5.82 Å². The van der Waals surface area contributed by atoms with E-state index in [1.807, 2.05) is 13.0 Å². The SMILES string of the molecule is Cc1ccc(N)cc1C(=O)N1CCCN(C(=O)c2cccc(F)c2)CC1. The van der Waals surface area contributed by atoms with Gasteiger partial charge in [-0.2, -0.15) is 0 Å². The molecule has 0 saturated carbocycles. The van der Waals surface area contributed by atoms with Gasteiger partial charge in [-0.05, 0) is 49.2 Å². The average molecular weight is 355 g/mol. The Kier molecular flexibility index (Phi) is 5.21. The van der Waals surface area contributed by atoms with Crippen LogP contribution in [0.3, 0.4) is 0 Å². The summed E-state index contributed by atoms with van der Waals surface area (Å²) in [6.45, 7) is 3.84. The van der Waals surface area contributed by atoms with E-state index in [0.717, 1.165) is 5.56 Å². The van der Waals surface area contributed by atoms with Crippen molar-refractivity contribution in [2.75, 3.05) is 31.9 Å². The monoisotopic (exact) mass is 355 g/mol. The predicted molar refractivity (Wildman–Crippen MR) is 98.4 cm³/mol. The highest BCUT2D eigenvalue weighted by molar-refractivity contribution is 5.97. The summed E-state index contributed by atoms with van der Waals surface area (Å²) >= 11 is 0. The molecule has 0 aromatic heterocycles. The molecule has 6 heteroatoms. The van der Waals surface area contributed by atoms with Crippen molar-refractivity contribution in [3.8, 4) is 0 Å². The molecule has 0 atom stereocenters. The van der Waals surface area contributed by atoms with Crippen LogP contribution in [-0.2, 0) is 0 Å². The third-order valence-corrected chi connectivity index (χ3v) is 4.63. The summed E-state index contributed by atoms with van der Waals surface area (Å²) in [4.78, 5) is 28.8. The lowest BCUT2D eigenvalue weighted by Gasteiger charge is -2.23. The number of carbonyl (C=O) groups is 2. The molecule has 0 spiro atoms. The van der Waals surface area contributed by atoms with Crippen LogP contribution in [0.15, 0.2) is 42.5 Å². The average Bonchev–Trinajstić information content (AvgIpc) is 2.88. The number of halogens is 1. The number of rotatable bonds is 2. The molecule has 5 nitrogen and oxygen atoms in total. The lowest BCUT2D eigenvalue weighted by Crippen LogP contribution is -2.37. The Morgan fingerprint density at radius 3 is 2.35 bits per heavy atom. The maximum Gasteiger partial charge on any atom is 0.254 e. The number of hydrogen-bond donors (Lipinski definition) is 1. The zero-order valence-corrected chi connectivity index (χ0v) is 14.7. The molecule has 1 heterocycles. The molecule has 2 aromatic rings. The van der Waals surface area contributed by atoms with Crippen molar-refractivity contribution in [1.29, 1.82) is 0 Å². The van der Waals surface area contributed by atoms with Gasteiger partial charge in [-0.1, -0.05) is 12.1 Å². The summed E-state index contributed by atoms with van der Waals surface area (Å²) in [5.41, 5.74) is 8.16. The fraction of sp³-hybridized carbons (Fsp3) is 0.300. The summed E-state index contributed by atoms with van der Waals surface area (Å²) in [6, 6.07) is 11.0. The molecule has 1 aliphatic heterocycles. The van der Waals surface area contributed by atoms with Gasteiger partial charge in [0.25, 0.3) is 11.8 Å². The van der Waals surface area contributed by atoms with E-state index in [0.29, 0.717) is 49.4 Å². The number of nitrogen functional groups attached to an aromatic ring is 1. The number of aryl methyl sites for hydroxylation is 1. The van der Waals surface area contributed by atoms with Gasteiger partial charge in [-0.15, -0.1) is 0 Å². The van der Waals surface area contributed by atoms with Gasteiger partial charge in [0.2, 0.25) is 0 Å². The van der Waals surface area contributed by atoms with Crippen LogP contribution in [0.1, 0.15) is 32.7 Å². The quantitative estimate of drug-likeness (QED) is 0.843. The van der Waals surface area contributed by atoms with E-state index in [1.54, 1.807) is 28.0 Å². The lowest BCUT2D eigenvalue weighted by atomic mass is 10.1. The van der Waals surface area contributed by atoms with Gasteiger partial charge in [-0.3, -0.25) is 9.59 Å². The molecular formula is C20H22FN3O2. The Bertz CT molecular complexity index is 838. The second-order valence-corrected chi connectivity index (χ2v) is 6.52. The van der Waals surface area contributed by atoms with E-state index in [1.165, 1.54) is 18.2 Å². The largest absolute Gasteiger partial charge is 0.399 e. The van der Waals surface area contributed by atoms with Gasteiger partial charge in [0.15, 0.2) is 0 Å². The molecule has 3 rings (SSSR count). The maximum absolute atomic E-state index is 13.4. The first-order chi connectivity index (χ1) is 12.5. The van der Waals surface area contributed by atoms with Crippen LogP contribution in [0, 0.1) is 12.7 Å². The Morgan fingerprint density at radius 1 is 0.962 bits per heavy atom. The van der Waals surface area contributed by atoms with E-state index < -0.39 is 5.82 Å². The van der Waals surface area contributed by atoms with Crippen molar-refractivity contribution >= 4 is 17.5 Å². The molecule has 2 amide bonds. The maximum atomic E-state index is 13.4. The molecule has 1 fully saturated rings. The second-order valence-electron chi connectivity index (χ2n) is 6.52. The summed E-state index contributed by atoms with van der Waals surface area (Å²) in [7, 11) is 0. The fourth-order valence-electron chi connectivity index (χ4n) is 3.17. The highest BCUT2D eigenvalue weighted by atomic mass is 19.1. The van der Waals surface area contributed by atoms with Crippen LogP contribution >= 0.6 is 0 Å². The molecule has 2 N–H and O–H groups in total. The molecule has 0 aliphatic carbocycles. The van der Waals surface area contributed by atoms with Crippen LogP contribution < -0.4 is 5.73 Å². The Morgan fingerprint density at radius 2 is 1.65 bits per heavy atom. The summed E-state index contributed by atoms with van der Waals surface area (Å²) in [5.74, 6) is -0.714. The number of amides is 2. The summed E-state index contributed by atoms with van der Waals surface area (Å²) in [6.07, 6.45) is 0.675. The minimum absolute atomic E-state index is 0.0742. The third-order valence-electron chi connectivity index (χ3n) is 4.63. The van der Waals surface area contributed by atoms with E-state index in [-0.39, 0.29) is 11.8 Å². The molecule has 2 aromatic carbocycles. The fourth-order valence-corrected chi connectivity index (χ4v) is 3.17. The van der Waals surface area contributed by atoms with Crippen molar-refractivity contribution in [2.45, 2.75) is 13.3 Å². The van der Waals surface area contributed by atoms with Gasteiger partial charge in [0.05, 0.1) is 0 Å². The van der Waals surface area contributed by atoms with Crippen LogP contribution in [0.25, 0.3) is 0 Å². The van der Waals surface area contributed by atoms with Gasteiger partial charge < -0.3 is 15.5 Å².